The second kappa shape index (κ2) is 9.87. The summed E-state index contributed by atoms with van der Waals surface area (Å²) in [6.07, 6.45) is 3.35. The van der Waals surface area contributed by atoms with Crippen LogP contribution in [0.5, 0.6) is 0 Å². The first-order valence-corrected chi connectivity index (χ1v) is 12.0. The Morgan fingerprint density at radius 3 is 2.64 bits per heavy atom. The lowest BCUT2D eigenvalue weighted by atomic mass is 10.0. The summed E-state index contributed by atoms with van der Waals surface area (Å²) in [6, 6.07) is 11.6. The van der Waals surface area contributed by atoms with Crippen molar-refractivity contribution in [3.8, 4) is 11.1 Å². The van der Waals surface area contributed by atoms with E-state index in [4.69, 9.17) is 19.9 Å². The number of morpholine rings is 1. The predicted octanol–water partition coefficient (Wildman–Crippen LogP) is 4.47. The number of carbonyl (C=O) groups excluding carboxylic acids is 1. The molecule has 2 aromatic heterocycles. The van der Waals surface area contributed by atoms with Crippen molar-refractivity contribution >= 4 is 34.0 Å². The average Bonchev–Trinajstić information content (AvgIpc) is 3.43. The standard InChI is InChI=1S/C27H30N6O3/c1-16(19-10-20(12-21(28)11-19)18-4-7-36-15-18)30-26-22-13-24(29-3)23(14-25(22)31-17(2)32-26)27(34)33-5-8-35-9-6-33/h4,7,10-16,29H,5-6,8-9,28H2,1-3H3,(H,30,31,32). The van der Waals surface area contributed by atoms with Crippen LogP contribution in [-0.2, 0) is 4.74 Å². The van der Waals surface area contributed by atoms with Crippen LogP contribution in [0.4, 0.5) is 17.2 Å². The van der Waals surface area contributed by atoms with E-state index < -0.39 is 0 Å². The summed E-state index contributed by atoms with van der Waals surface area (Å²) in [4.78, 5) is 24.4. The number of amides is 1. The van der Waals surface area contributed by atoms with Gasteiger partial charge in [-0.05, 0) is 61.4 Å². The molecule has 1 saturated heterocycles. The van der Waals surface area contributed by atoms with Crippen molar-refractivity contribution in [2.45, 2.75) is 19.9 Å². The molecule has 4 aromatic rings. The van der Waals surface area contributed by atoms with E-state index in [1.807, 2.05) is 49.2 Å². The number of nitrogens with zero attached hydrogens (tertiary/aromatic N) is 3. The summed E-state index contributed by atoms with van der Waals surface area (Å²) in [5.41, 5.74) is 11.9. The van der Waals surface area contributed by atoms with Crippen LogP contribution in [0.3, 0.4) is 0 Å². The number of nitrogens with two attached hydrogens (primary N) is 1. The van der Waals surface area contributed by atoms with Crippen LogP contribution in [0.1, 0.15) is 34.7 Å². The predicted molar refractivity (Wildman–Crippen MR) is 141 cm³/mol. The van der Waals surface area contributed by atoms with E-state index in [1.165, 1.54) is 0 Å². The zero-order valence-corrected chi connectivity index (χ0v) is 20.7. The van der Waals surface area contributed by atoms with Crippen molar-refractivity contribution in [1.82, 2.24) is 14.9 Å². The molecule has 3 heterocycles. The molecule has 0 aliphatic carbocycles. The fraction of sp³-hybridized carbons (Fsp3) is 0.296. The van der Waals surface area contributed by atoms with Gasteiger partial charge in [-0.2, -0.15) is 0 Å². The Morgan fingerprint density at radius 2 is 1.92 bits per heavy atom. The van der Waals surface area contributed by atoms with E-state index in [2.05, 4.69) is 28.6 Å². The van der Waals surface area contributed by atoms with Crippen LogP contribution in [0.15, 0.2) is 53.3 Å². The molecule has 1 atom stereocenters. The van der Waals surface area contributed by atoms with Gasteiger partial charge >= 0.3 is 0 Å². The zero-order chi connectivity index (χ0) is 25.2. The van der Waals surface area contributed by atoms with Gasteiger partial charge in [0.15, 0.2) is 0 Å². The third-order valence-electron chi connectivity index (χ3n) is 6.43. The molecular formula is C27H30N6O3. The number of carbonyl (C=O) groups is 1. The lowest BCUT2D eigenvalue weighted by molar-refractivity contribution is 0.0303. The molecule has 1 aliphatic rings. The molecule has 36 heavy (non-hydrogen) atoms. The molecular weight excluding hydrogens is 456 g/mol. The van der Waals surface area contributed by atoms with Gasteiger partial charge in [0.05, 0.1) is 42.9 Å². The van der Waals surface area contributed by atoms with Gasteiger partial charge in [0.25, 0.3) is 5.91 Å². The van der Waals surface area contributed by atoms with Crippen molar-refractivity contribution < 1.29 is 13.9 Å². The largest absolute Gasteiger partial charge is 0.472 e. The van der Waals surface area contributed by atoms with E-state index >= 15 is 0 Å². The highest BCUT2D eigenvalue weighted by Crippen LogP contribution is 2.32. The van der Waals surface area contributed by atoms with Crippen LogP contribution in [0.25, 0.3) is 22.0 Å². The molecule has 9 nitrogen and oxygen atoms in total. The van der Waals surface area contributed by atoms with E-state index in [0.29, 0.717) is 54.7 Å². The monoisotopic (exact) mass is 486 g/mol. The van der Waals surface area contributed by atoms with E-state index in [-0.39, 0.29) is 11.9 Å². The van der Waals surface area contributed by atoms with Gasteiger partial charge in [0.1, 0.15) is 11.6 Å². The number of hydrogen-bond acceptors (Lipinski definition) is 8. The van der Waals surface area contributed by atoms with Gasteiger partial charge in [0, 0.05) is 42.5 Å². The maximum Gasteiger partial charge on any atom is 0.256 e. The van der Waals surface area contributed by atoms with Gasteiger partial charge in [-0.1, -0.05) is 0 Å². The highest BCUT2D eigenvalue weighted by atomic mass is 16.5. The number of fused-ring (bicyclic) bond motifs is 1. The third-order valence-corrected chi connectivity index (χ3v) is 6.43. The van der Waals surface area contributed by atoms with Gasteiger partial charge in [-0.15, -0.1) is 0 Å². The number of benzene rings is 2. The maximum absolute atomic E-state index is 13.3. The first kappa shape index (κ1) is 23.6. The minimum atomic E-state index is -0.0932. The number of aromatic nitrogens is 2. The van der Waals surface area contributed by atoms with E-state index in [1.54, 1.807) is 12.5 Å². The average molecular weight is 487 g/mol. The van der Waals surface area contributed by atoms with Crippen LogP contribution >= 0.6 is 0 Å². The van der Waals surface area contributed by atoms with Crippen molar-refractivity contribution in [1.29, 1.82) is 0 Å². The summed E-state index contributed by atoms with van der Waals surface area (Å²) in [5.74, 6) is 1.28. The van der Waals surface area contributed by atoms with Crippen molar-refractivity contribution in [2.24, 2.45) is 0 Å². The van der Waals surface area contributed by atoms with E-state index in [0.717, 1.165) is 27.8 Å². The van der Waals surface area contributed by atoms with Crippen LogP contribution in [-0.4, -0.2) is 54.1 Å². The van der Waals surface area contributed by atoms with Crippen molar-refractivity contribution in [3.63, 3.8) is 0 Å². The number of rotatable bonds is 6. The Labute approximate surface area is 209 Å². The highest BCUT2D eigenvalue weighted by Gasteiger charge is 2.23. The Morgan fingerprint density at radius 1 is 1.11 bits per heavy atom. The summed E-state index contributed by atoms with van der Waals surface area (Å²) in [6.45, 7) is 6.17. The fourth-order valence-electron chi connectivity index (χ4n) is 4.53. The van der Waals surface area contributed by atoms with Crippen LogP contribution in [0.2, 0.25) is 0 Å². The van der Waals surface area contributed by atoms with Gasteiger partial charge in [-0.3, -0.25) is 4.79 Å². The van der Waals surface area contributed by atoms with Crippen LogP contribution < -0.4 is 16.4 Å². The summed E-state index contributed by atoms with van der Waals surface area (Å²) >= 11 is 0. The van der Waals surface area contributed by atoms with Crippen molar-refractivity contribution in [3.05, 3.63) is 65.9 Å². The molecule has 5 rings (SSSR count). The number of aryl methyl sites for hydroxylation is 1. The molecule has 1 fully saturated rings. The second-order valence-electron chi connectivity index (χ2n) is 8.96. The Bertz CT molecular complexity index is 1400. The second-order valence-corrected chi connectivity index (χ2v) is 8.96. The number of nitrogen functional groups attached to an aromatic ring is 1. The van der Waals surface area contributed by atoms with Gasteiger partial charge in [0.2, 0.25) is 0 Å². The summed E-state index contributed by atoms with van der Waals surface area (Å²) in [5, 5.41) is 7.54. The first-order chi connectivity index (χ1) is 17.4. The molecule has 0 bridgehead atoms. The molecule has 0 spiro atoms. The number of anilines is 3. The topological polar surface area (TPSA) is 119 Å². The van der Waals surface area contributed by atoms with Gasteiger partial charge in [-0.25, -0.2) is 9.97 Å². The van der Waals surface area contributed by atoms with Crippen molar-refractivity contribution in [2.75, 3.05) is 49.7 Å². The highest BCUT2D eigenvalue weighted by molar-refractivity contribution is 6.05. The molecule has 1 unspecified atom stereocenters. The number of ether oxygens (including phenoxy) is 1. The van der Waals surface area contributed by atoms with Gasteiger partial charge < -0.3 is 30.4 Å². The third kappa shape index (κ3) is 4.70. The Kier molecular flexibility index (Phi) is 6.47. The molecule has 4 N–H and O–H groups in total. The normalized spacial score (nSPS) is 14.6. The Hall–Kier alpha value is -4.11. The molecule has 9 heteroatoms. The number of nitrogens with one attached hydrogen (secondary N) is 2. The molecule has 0 saturated carbocycles. The SMILES string of the molecule is CNc1cc2c(NC(C)c3cc(N)cc(-c4ccoc4)c3)nc(C)nc2cc1C(=O)N1CCOCC1. The first-order valence-electron chi connectivity index (χ1n) is 12.0. The molecule has 186 valence electrons. The molecule has 1 aliphatic heterocycles. The minimum Gasteiger partial charge on any atom is -0.472 e. The number of hydrogen-bond donors (Lipinski definition) is 3. The molecule has 2 aromatic carbocycles. The van der Waals surface area contributed by atoms with Crippen LogP contribution in [0, 0.1) is 6.92 Å². The summed E-state index contributed by atoms with van der Waals surface area (Å²) < 4.78 is 10.6. The summed E-state index contributed by atoms with van der Waals surface area (Å²) in [7, 11) is 1.81. The Balaban J connectivity index is 1.50. The lowest BCUT2D eigenvalue weighted by Gasteiger charge is -2.27. The molecule has 1 amide bonds. The number of furan rings is 1. The minimum absolute atomic E-state index is 0.0322. The zero-order valence-electron chi connectivity index (χ0n) is 20.7. The quantitative estimate of drug-likeness (QED) is 0.342. The smallest absolute Gasteiger partial charge is 0.256 e. The molecule has 0 radical (unpaired) electrons. The lowest BCUT2D eigenvalue weighted by Crippen LogP contribution is -2.40. The van der Waals surface area contributed by atoms with E-state index in [9.17, 15) is 4.79 Å². The maximum atomic E-state index is 13.3. The fourth-order valence-corrected chi connectivity index (χ4v) is 4.53.